The first-order valence-electron chi connectivity index (χ1n) is 8.97. The van der Waals surface area contributed by atoms with E-state index in [1.165, 1.54) is 26.4 Å². The first-order chi connectivity index (χ1) is 12.6. The number of carbonyl (C=O) groups excluding carboxylic acids is 3. The first-order valence-corrected chi connectivity index (χ1v) is 9.85. The predicted molar refractivity (Wildman–Crippen MR) is 101 cm³/mol. The molecule has 1 N–H and O–H groups in total. The van der Waals surface area contributed by atoms with Crippen LogP contribution in [0, 0.1) is 5.92 Å². The van der Waals surface area contributed by atoms with E-state index in [1.54, 1.807) is 12.1 Å². The fourth-order valence-corrected chi connectivity index (χ4v) is 4.32. The molecule has 1 aliphatic carbocycles. The topological polar surface area (TPSA) is 86.6 Å². The number of amides is 3. The third-order valence-electron chi connectivity index (χ3n) is 4.90. The number of nitrogens with one attached hydrogen (secondary N) is 1. The molecule has 0 spiro atoms. The van der Waals surface area contributed by atoms with Crippen LogP contribution in [-0.2, 0) is 11.2 Å². The number of nitrogens with zero attached hydrogens (tertiary/aromatic N) is 1. The smallest absolute Gasteiger partial charge is 0.649 e. The normalized spacial score (nSPS) is 20.0. The van der Waals surface area contributed by atoms with Crippen molar-refractivity contribution in [2.75, 3.05) is 13.7 Å². The molecule has 0 aromatic heterocycles. The maximum absolute atomic E-state index is 12.6. The van der Waals surface area contributed by atoms with E-state index < -0.39 is 5.25 Å². The van der Waals surface area contributed by atoms with Crippen LogP contribution in [0.15, 0.2) is 18.2 Å². The standard InChI is InChI=1S/C19H24N2O4S.Na/c1-25-15-8-7-13(10-16-18(23)21-19(24)26-16)9-14(15)17(22)20-11-12-5-3-2-4-6-12;/h7-9,12,16H,2-6,10-11H2,1H3,(H2,20,21,22,23,24);/q;+1/p-1. The molecule has 2 aliphatic rings. The summed E-state index contributed by atoms with van der Waals surface area (Å²) in [5, 5.41) is 5.76. The second kappa shape index (κ2) is 10.5. The zero-order chi connectivity index (χ0) is 18.5. The monoisotopic (exact) mass is 398 g/mol. The summed E-state index contributed by atoms with van der Waals surface area (Å²) >= 11 is 0.983. The van der Waals surface area contributed by atoms with E-state index in [0.29, 0.717) is 30.2 Å². The van der Waals surface area contributed by atoms with Crippen LogP contribution in [0.25, 0.3) is 5.32 Å². The largest absolute Gasteiger partial charge is 1.00 e. The van der Waals surface area contributed by atoms with Crippen molar-refractivity contribution < 1.29 is 48.7 Å². The van der Waals surface area contributed by atoms with Gasteiger partial charge in [0.15, 0.2) is 0 Å². The Morgan fingerprint density at radius 3 is 2.63 bits per heavy atom. The Balaban J connectivity index is 0.00000261. The van der Waals surface area contributed by atoms with Crippen molar-refractivity contribution in [3.63, 3.8) is 0 Å². The van der Waals surface area contributed by atoms with Crippen LogP contribution in [0.2, 0.25) is 0 Å². The molecule has 140 valence electrons. The van der Waals surface area contributed by atoms with Gasteiger partial charge in [-0.1, -0.05) is 55.9 Å². The van der Waals surface area contributed by atoms with Crippen LogP contribution in [0.3, 0.4) is 0 Å². The molecule has 2 fully saturated rings. The molecule has 3 rings (SSSR count). The number of benzene rings is 1. The molecule has 1 saturated heterocycles. The number of imide groups is 1. The molecule has 8 heteroatoms. The van der Waals surface area contributed by atoms with Gasteiger partial charge in [-0.05, 0) is 24.1 Å². The van der Waals surface area contributed by atoms with Gasteiger partial charge in [-0.25, -0.2) is 0 Å². The van der Waals surface area contributed by atoms with Gasteiger partial charge in [0, 0.05) is 5.56 Å². The van der Waals surface area contributed by atoms with Crippen molar-refractivity contribution >= 4 is 28.8 Å². The van der Waals surface area contributed by atoms with Crippen LogP contribution in [-0.4, -0.2) is 36.0 Å². The minimum atomic E-state index is -0.460. The van der Waals surface area contributed by atoms with Crippen LogP contribution in [0.5, 0.6) is 5.75 Å². The maximum Gasteiger partial charge on any atom is 1.00 e. The summed E-state index contributed by atoms with van der Waals surface area (Å²) in [6.45, 7) is 0.557. The Bertz CT molecular complexity index is 707. The quantitative estimate of drug-likeness (QED) is 0.713. The number of ether oxygens (including phenoxy) is 1. The average molecular weight is 398 g/mol. The van der Waals surface area contributed by atoms with Gasteiger partial charge in [0.2, 0.25) is 5.91 Å². The van der Waals surface area contributed by atoms with Gasteiger partial charge >= 0.3 is 29.6 Å². The average Bonchev–Trinajstić information content (AvgIpc) is 2.97. The number of hydrogen-bond donors (Lipinski definition) is 1. The molecule has 1 atom stereocenters. The van der Waals surface area contributed by atoms with Gasteiger partial charge < -0.3 is 14.8 Å². The zero-order valence-electron chi connectivity index (χ0n) is 15.8. The third-order valence-corrected chi connectivity index (χ3v) is 5.88. The Morgan fingerprint density at radius 1 is 1.26 bits per heavy atom. The second-order valence-electron chi connectivity index (χ2n) is 6.77. The molecule has 1 aromatic rings. The summed E-state index contributed by atoms with van der Waals surface area (Å²) in [5.74, 6) is 0.400. The van der Waals surface area contributed by atoms with Crippen LogP contribution < -0.4 is 39.6 Å². The maximum atomic E-state index is 12.6. The van der Waals surface area contributed by atoms with E-state index in [2.05, 4.69) is 10.6 Å². The summed E-state index contributed by atoms with van der Waals surface area (Å²) in [5.41, 5.74) is 1.22. The van der Waals surface area contributed by atoms with Crippen molar-refractivity contribution in [3.8, 4) is 5.75 Å². The van der Waals surface area contributed by atoms with Crippen molar-refractivity contribution in [1.29, 1.82) is 0 Å². The molecule has 1 unspecified atom stereocenters. The van der Waals surface area contributed by atoms with Crippen molar-refractivity contribution in [1.82, 2.24) is 5.32 Å². The van der Waals surface area contributed by atoms with E-state index >= 15 is 0 Å². The minimum absolute atomic E-state index is 0. The number of hydrogen-bond acceptors (Lipinski definition) is 5. The summed E-state index contributed by atoms with van der Waals surface area (Å²) in [6.07, 6.45) is 6.36. The molecule has 6 nitrogen and oxygen atoms in total. The van der Waals surface area contributed by atoms with Crippen molar-refractivity contribution in [2.24, 2.45) is 5.92 Å². The summed E-state index contributed by atoms with van der Waals surface area (Å²) in [7, 11) is 1.52. The van der Waals surface area contributed by atoms with Gasteiger partial charge in [0.05, 0.1) is 18.3 Å². The minimum Gasteiger partial charge on any atom is -0.649 e. The number of methoxy groups -OCH3 is 1. The predicted octanol–water partition coefficient (Wildman–Crippen LogP) is 0.687. The third kappa shape index (κ3) is 5.98. The summed E-state index contributed by atoms with van der Waals surface area (Å²) in [6, 6.07) is 5.26. The second-order valence-corrected chi connectivity index (χ2v) is 7.95. The Labute approximate surface area is 185 Å². The molecule has 1 heterocycles. The van der Waals surface area contributed by atoms with E-state index in [-0.39, 0.29) is 46.6 Å². The van der Waals surface area contributed by atoms with Crippen molar-refractivity contribution in [2.45, 2.75) is 43.8 Å². The fourth-order valence-electron chi connectivity index (χ4n) is 3.46. The van der Waals surface area contributed by atoms with Crippen LogP contribution in [0.1, 0.15) is 48.0 Å². The zero-order valence-corrected chi connectivity index (χ0v) is 18.6. The van der Waals surface area contributed by atoms with E-state index in [4.69, 9.17) is 4.74 Å². The van der Waals surface area contributed by atoms with Gasteiger partial charge in [-0.3, -0.25) is 14.9 Å². The molecule has 3 amide bonds. The number of carbonyl (C=O) groups is 3. The van der Waals surface area contributed by atoms with Crippen molar-refractivity contribution in [3.05, 3.63) is 34.6 Å². The van der Waals surface area contributed by atoms with Crippen LogP contribution >= 0.6 is 11.8 Å². The summed E-state index contributed by atoms with van der Waals surface area (Å²) < 4.78 is 5.30. The molecule has 1 aliphatic heterocycles. The fraction of sp³-hybridized carbons (Fsp3) is 0.526. The molecule has 1 aromatic carbocycles. The molecular formula is C19H23N2NaO4S. The van der Waals surface area contributed by atoms with E-state index in [0.717, 1.165) is 30.2 Å². The van der Waals surface area contributed by atoms with Crippen LogP contribution in [0.4, 0.5) is 4.79 Å². The molecule has 0 radical (unpaired) electrons. The molecule has 27 heavy (non-hydrogen) atoms. The Kier molecular flexibility index (Phi) is 8.66. The number of rotatable bonds is 6. The Hall–Kier alpha value is -1.02. The molecular weight excluding hydrogens is 375 g/mol. The van der Waals surface area contributed by atoms with E-state index in [9.17, 15) is 14.4 Å². The SMILES string of the molecule is COc1ccc(CC2SC(=O)NC2=O)cc1C(=O)[N-]CC1CCCCC1.[Na+]. The van der Waals surface area contributed by atoms with E-state index in [1.807, 2.05) is 6.07 Å². The van der Waals surface area contributed by atoms with Gasteiger partial charge in [0.1, 0.15) is 5.75 Å². The molecule has 1 saturated carbocycles. The van der Waals surface area contributed by atoms with Gasteiger partial charge in [-0.2, -0.15) is 0 Å². The van der Waals surface area contributed by atoms with Gasteiger partial charge in [0.25, 0.3) is 5.24 Å². The van der Waals surface area contributed by atoms with Gasteiger partial charge in [-0.15, -0.1) is 6.54 Å². The molecule has 0 bridgehead atoms. The first kappa shape index (κ1) is 22.3. The summed E-state index contributed by atoms with van der Waals surface area (Å²) in [4.78, 5) is 35.6. The Morgan fingerprint density at radius 2 is 2.00 bits per heavy atom. The number of thioether (sulfide) groups is 1.